The number of carbonyl (C=O) groups excluding carboxylic acids is 2. The summed E-state index contributed by atoms with van der Waals surface area (Å²) in [4.78, 5) is 37.6. The van der Waals surface area contributed by atoms with Gasteiger partial charge in [0, 0.05) is 23.9 Å². The number of carbonyl (C=O) groups is 2. The largest absolute Gasteiger partial charge is 0.469 e. The van der Waals surface area contributed by atoms with Crippen LogP contribution in [0.3, 0.4) is 0 Å². The van der Waals surface area contributed by atoms with Crippen molar-refractivity contribution in [3.8, 4) is 0 Å². The van der Waals surface area contributed by atoms with Crippen molar-refractivity contribution in [3.05, 3.63) is 69.7 Å². The second-order valence-corrected chi connectivity index (χ2v) is 9.02. The van der Waals surface area contributed by atoms with Crippen molar-refractivity contribution in [2.75, 3.05) is 12.4 Å². The highest BCUT2D eigenvalue weighted by atomic mass is 16.5. The first-order valence-corrected chi connectivity index (χ1v) is 10.5. The lowest BCUT2D eigenvalue weighted by molar-refractivity contribution is -0.156. The number of anilines is 1. The van der Waals surface area contributed by atoms with Gasteiger partial charge in [0.15, 0.2) is 0 Å². The van der Waals surface area contributed by atoms with Crippen molar-refractivity contribution < 1.29 is 24.0 Å². The molecule has 3 rings (SSSR count). The number of fused-ring (bicyclic) bond motifs is 1. The fourth-order valence-electron chi connectivity index (χ4n) is 3.90. The van der Waals surface area contributed by atoms with Crippen LogP contribution in [0.25, 0.3) is 10.8 Å². The molecule has 1 aromatic heterocycles. The number of aliphatic hydroxyl groups is 1. The number of rotatable bonds is 7. The number of hydrogen-bond acceptors (Lipinski definition) is 7. The molecule has 1 amide bonds. The number of esters is 1. The first-order valence-electron chi connectivity index (χ1n) is 10.5. The van der Waals surface area contributed by atoms with Crippen LogP contribution in [0.15, 0.2) is 51.8 Å². The van der Waals surface area contributed by atoms with E-state index in [0.29, 0.717) is 22.2 Å². The zero-order valence-corrected chi connectivity index (χ0v) is 19.4. The Hall–Kier alpha value is -3.52. The van der Waals surface area contributed by atoms with Gasteiger partial charge in [0.05, 0.1) is 23.6 Å². The molecule has 0 saturated heterocycles. The molecule has 0 fully saturated rings. The van der Waals surface area contributed by atoms with Crippen LogP contribution in [0.4, 0.5) is 5.69 Å². The predicted molar refractivity (Wildman–Crippen MR) is 124 cm³/mol. The summed E-state index contributed by atoms with van der Waals surface area (Å²) in [6.45, 7) is 6.87. The van der Waals surface area contributed by atoms with Gasteiger partial charge in [-0.2, -0.15) is 0 Å². The molecule has 3 aromatic rings. The molecule has 8 nitrogen and oxygen atoms in total. The number of amides is 1. The van der Waals surface area contributed by atoms with Gasteiger partial charge >= 0.3 is 11.6 Å². The molecule has 0 radical (unpaired) electrons. The molecule has 1 heterocycles. The molecule has 0 aliphatic rings. The summed E-state index contributed by atoms with van der Waals surface area (Å²) in [7, 11) is 1.27. The topological polar surface area (TPSA) is 119 Å². The molecule has 0 aliphatic carbocycles. The Morgan fingerprint density at radius 1 is 1.09 bits per heavy atom. The number of benzene rings is 2. The van der Waals surface area contributed by atoms with Crippen LogP contribution in [0.5, 0.6) is 0 Å². The van der Waals surface area contributed by atoms with E-state index in [2.05, 4.69) is 10.5 Å². The molecule has 33 heavy (non-hydrogen) atoms. The van der Waals surface area contributed by atoms with E-state index in [1.807, 2.05) is 31.2 Å². The maximum absolute atomic E-state index is 13.4. The molecular weight excluding hydrogens is 424 g/mol. The average Bonchev–Trinajstić information content (AvgIpc) is 2.77. The van der Waals surface area contributed by atoms with Crippen molar-refractivity contribution in [1.29, 1.82) is 0 Å². The Labute approximate surface area is 191 Å². The number of nitrogens with one attached hydrogen (secondary N) is 1. The van der Waals surface area contributed by atoms with Gasteiger partial charge in [-0.1, -0.05) is 35.0 Å². The highest BCUT2D eigenvalue weighted by Crippen LogP contribution is 2.33. The van der Waals surface area contributed by atoms with Crippen LogP contribution in [-0.2, 0) is 20.7 Å². The van der Waals surface area contributed by atoms with Gasteiger partial charge in [-0.25, -0.2) is 4.79 Å². The van der Waals surface area contributed by atoms with Gasteiger partial charge in [-0.3, -0.25) is 9.59 Å². The number of methoxy groups -OCH3 is 1. The molecule has 174 valence electrons. The van der Waals surface area contributed by atoms with Crippen LogP contribution in [0.1, 0.15) is 37.1 Å². The summed E-state index contributed by atoms with van der Waals surface area (Å²) in [5, 5.41) is 18.9. The second-order valence-electron chi connectivity index (χ2n) is 9.02. The summed E-state index contributed by atoms with van der Waals surface area (Å²) in [5.74, 6) is -1.20. The number of aryl methyl sites for hydroxylation is 2. The highest BCUT2D eigenvalue weighted by Gasteiger charge is 2.45. The SMILES string of the molecule is COC(=O)C(C)(C)CC(O)(Cc1ccc(C)cc1)C(=O)Nc1ccc2c(=O)onc(C)c2c1. The van der Waals surface area contributed by atoms with E-state index in [0.717, 1.165) is 11.1 Å². The third-order valence-corrected chi connectivity index (χ3v) is 5.66. The van der Waals surface area contributed by atoms with Crippen molar-refractivity contribution >= 4 is 28.3 Å². The summed E-state index contributed by atoms with van der Waals surface area (Å²) in [6.07, 6.45) is -0.165. The fraction of sp³-hybridized carbons (Fsp3) is 0.360. The van der Waals surface area contributed by atoms with Crippen molar-refractivity contribution in [2.45, 2.75) is 46.1 Å². The quantitative estimate of drug-likeness (QED) is 0.528. The lowest BCUT2D eigenvalue weighted by Crippen LogP contribution is -2.49. The van der Waals surface area contributed by atoms with E-state index in [-0.39, 0.29) is 12.8 Å². The number of nitrogens with zero attached hydrogens (tertiary/aromatic N) is 1. The van der Waals surface area contributed by atoms with Gasteiger partial charge in [0.1, 0.15) is 5.60 Å². The maximum atomic E-state index is 13.4. The molecule has 1 unspecified atom stereocenters. The first kappa shape index (κ1) is 24.1. The Morgan fingerprint density at radius 3 is 2.39 bits per heavy atom. The maximum Gasteiger partial charge on any atom is 0.366 e. The van der Waals surface area contributed by atoms with Crippen molar-refractivity contribution in [2.24, 2.45) is 5.41 Å². The van der Waals surface area contributed by atoms with E-state index < -0.39 is 28.5 Å². The summed E-state index contributed by atoms with van der Waals surface area (Å²) in [6, 6.07) is 12.1. The van der Waals surface area contributed by atoms with Crippen LogP contribution in [0.2, 0.25) is 0 Å². The lowest BCUT2D eigenvalue weighted by Gasteiger charge is -2.34. The monoisotopic (exact) mass is 452 g/mol. The standard InChI is InChI=1S/C25H28N2O6/c1-15-6-8-17(9-7-15)13-25(31,14-24(3,4)23(30)32-5)22(29)26-18-10-11-19-20(12-18)16(2)27-33-21(19)28/h6-12,31H,13-14H2,1-5H3,(H,26,29). The molecule has 2 N–H and O–H groups in total. The molecule has 0 aliphatic heterocycles. The minimum atomic E-state index is -1.91. The Kier molecular flexibility index (Phi) is 6.69. The van der Waals surface area contributed by atoms with Crippen molar-refractivity contribution in [3.63, 3.8) is 0 Å². The zero-order chi connectivity index (χ0) is 24.4. The second kappa shape index (κ2) is 9.15. The Balaban J connectivity index is 1.96. The zero-order valence-electron chi connectivity index (χ0n) is 19.4. The molecule has 0 bridgehead atoms. The summed E-state index contributed by atoms with van der Waals surface area (Å²) in [5.41, 5.74) is -0.951. The minimum absolute atomic E-state index is 0.00269. The van der Waals surface area contributed by atoms with E-state index in [4.69, 9.17) is 9.26 Å². The fourth-order valence-corrected chi connectivity index (χ4v) is 3.90. The van der Waals surface area contributed by atoms with Gasteiger partial charge in [-0.05, 0) is 51.5 Å². The van der Waals surface area contributed by atoms with Gasteiger partial charge in [0.25, 0.3) is 5.91 Å². The third-order valence-electron chi connectivity index (χ3n) is 5.66. The van der Waals surface area contributed by atoms with Crippen LogP contribution >= 0.6 is 0 Å². The first-order chi connectivity index (χ1) is 15.4. The highest BCUT2D eigenvalue weighted by molar-refractivity contribution is 5.99. The average molecular weight is 453 g/mol. The van der Waals surface area contributed by atoms with E-state index in [1.54, 1.807) is 32.9 Å². The molecular formula is C25H28N2O6. The van der Waals surface area contributed by atoms with E-state index in [1.165, 1.54) is 13.2 Å². The number of aromatic nitrogens is 1. The van der Waals surface area contributed by atoms with Gasteiger partial charge < -0.3 is 19.7 Å². The number of hydrogen-bond donors (Lipinski definition) is 2. The summed E-state index contributed by atoms with van der Waals surface area (Å²) >= 11 is 0. The van der Waals surface area contributed by atoms with Crippen LogP contribution in [-0.4, -0.2) is 34.9 Å². The van der Waals surface area contributed by atoms with Gasteiger partial charge in [-0.15, -0.1) is 0 Å². The van der Waals surface area contributed by atoms with Crippen LogP contribution in [0, 0.1) is 19.3 Å². The smallest absolute Gasteiger partial charge is 0.366 e. The molecule has 1 atom stereocenters. The predicted octanol–water partition coefficient (Wildman–Crippen LogP) is 3.31. The van der Waals surface area contributed by atoms with Crippen LogP contribution < -0.4 is 10.9 Å². The summed E-state index contributed by atoms with van der Waals surface area (Å²) < 4.78 is 9.60. The Morgan fingerprint density at radius 2 is 1.76 bits per heavy atom. The molecule has 2 aromatic carbocycles. The van der Waals surface area contributed by atoms with E-state index >= 15 is 0 Å². The van der Waals surface area contributed by atoms with E-state index in [9.17, 15) is 19.5 Å². The minimum Gasteiger partial charge on any atom is -0.469 e. The molecule has 0 saturated carbocycles. The third kappa shape index (κ3) is 5.28. The lowest BCUT2D eigenvalue weighted by atomic mass is 9.77. The Bertz CT molecular complexity index is 1250. The molecule has 8 heteroatoms. The molecule has 0 spiro atoms. The van der Waals surface area contributed by atoms with Gasteiger partial charge in [0.2, 0.25) is 0 Å². The van der Waals surface area contributed by atoms with Crippen molar-refractivity contribution in [1.82, 2.24) is 5.16 Å². The number of ether oxygens (including phenoxy) is 1. The normalized spacial score (nSPS) is 13.4.